The van der Waals surface area contributed by atoms with Crippen molar-refractivity contribution in [3.05, 3.63) is 36.2 Å². The number of carbonyl (C=O) groups excluding carboxylic acids is 1. The predicted octanol–water partition coefficient (Wildman–Crippen LogP) is -1.90. The fraction of sp³-hybridized carbons (Fsp3) is 0.368. The molecule has 146 valence electrons. The van der Waals surface area contributed by atoms with E-state index in [0.717, 1.165) is 36.4 Å². The van der Waals surface area contributed by atoms with Gasteiger partial charge in [-0.25, -0.2) is 4.98 Å². The monoisotopic (exact) mass is 403 g/mol. The van der Waals surface area contributed by atoms with Gasteiger partial charge in [-0.05, 0) is 43.6 Å². The first-order valence-corrected chi connectivity index (χ1v) is 9.30. The Balaban J connectivity index is 0.00000240. The van der Waals surface area contributed by atoms with Gasteiger partial charge in [0.25, 0.3) is 0 Å². The van der Waals surface area contributed by atoms with E-state index in [4.69, 9.17) is 0 Å². The summed E-state index contributed by atoms with van der Waals surface area (Å²) in [6.07, 6.45) is 2.88. The van der Waals surface area contributed by atoms with E-state index in [-0.39, 0.29) is 35.5 Å². The molecule has 10 heteroatoms. The average molecular weight is 403 g/mol. The molecule has 1 aliphatic rings. The van der Waals surface area contributed by atoms with Gasteiger partial charge in [0, 0.05) is 31.2 Å². The number of nitrogens with one attached hydrogen (secondary N) is 3. The van der Waals surface area contributed by atoms with E-state index in [1.165, 1.54) is 0 Å². The van der Waals surface area contributed by atoms with Crippen molar-refractivity contribution in [1.29, 1.82) is 0 Å². The normalized spacial score (nSPS) is 15.1. The molecule has 0 aliphatic carbocycles. The molecule has 0 bridgehead atoms. The Hall–Kier alpha value is -2.20. The number of fused-ring (bicyclic) bond motifs is 1. The molecule has 0 radical (unpaired) electrons. The topological polar surface area (TPSA) is 122 Å². The summed E-state index contributed by atoms with van der Waals surface area (Å²) in [7, 11) is 1.80. The van der Waals surface area contributed by atoms with Gasteiger partial charge in [0.2, 0.25) is 5.95 Å². The van der Waals surface area contributed by atoms with Crippen LogP contribution in [0.15, 0.2) is 30.6 Å². The number of carboxylic acid groups (broad SMARTS) is 1. The Morgan fingerprint density at radius 1 is 1.31 bits per heavy atom. The van der Waals surface area contributed by atoms with E-state index in [2.05, 4.69) is 47.6 Å². The quantitative estimate of drug-likeness (QED) is 0.408. The first kappa shape index (κ1) is 21.5. The Bertz CT molecular complexity index is 986. The third kappa shape index (κ3) is 5.05. The molecule has 9 nitrogen and oxygen atoms in total. The molecule has 0 spiro atoms. The number of aromatic nitrogens is 4. The van der Waals surface area contributed by atoms with Crippen molar-refractivity contribution < 1.29 is 39.5 Å². The standard InChI is InChI=1S/C19H23N7O2.Na/c1-20-16-15-17(22-11-21-15)25-19(24-16)23-14-4-2-3-12(9-14)10-26-7-5-13(6-8-26)18(27)28;/h2-4,9,11,13H,5-8,10H2,1H3,(H,27,28)(H3,20,21,22,23,24,25);/q;+1/p-1. The molecular weight excluding hydrogens is 381 g/mol. The summed E-state index contributed by atoms with van der Waals surface area (Å²) in [6.45, 7) is 2.30. The Morgan fingerprint density at radius 2 is 2.10 bits per heavy atom. The molecule has 3 heterocycles. The van der Waals surface area contributed by atoms with Crippen molar-refractivity contribution in [3.8, 4) is 0 Å². The summed E-state index contributed by atoms with van der Waals surface area (Å²) in [4.78, 5) is 29.4. The van der Waals surface area contributed by atoms with Crippen LogP contribution in [0.2, 0.25) is 0 Å². The number of rotatable bonds is 6. The Labute approximate surface area is 190 Å². The van der Waals surface area contributed by atoms with Crippen LogP contribution in [0.25, 0.3) is 11.2 Å². The number of aliphatic carboxylic acids is 1. The van der Waals surface area contributed by atoms with E-state index in [1.807, 2.05) is 12.1 Å². The smallest absolute Gasteiger partial charge is 0.550 e. The second-order valence-corrected chi connectivity index (χ2v) is 6.94. The van der Waals surface area contributed by atoms with Gasteiger partial charge in [-0.3, -0.25) is 4.90 Å². The van der Waals surface area contributed by atoms with Crippen LogP contribution in [0.4, 0.5) is 17.5 Å². The molecule has 1 aromatic carbocycles. The fourth-order valence-electron chi connectivity index (χ4n) is 3.53. The summed E-state index contributed by atoms with van der Waals surface area (Å²) >= 11 is 0. The number of imidazole rings is 1. The molecule has 4 rings (SSSR count). The van der Waals surface area contributed by atoms with Crippen molar-refractivity contribution in [2.45, 2.75) is 19.4 Å². The summed E-state index contributed by atoms with van der Waals surface area (Å²) in [5.41, 5.74) is 3.39. The molecule has 0 saturated carbocycles. The third-order valence-corrected chi connectivity index (χ3v) is 5.03. The molecule has 1 fully saturated rings. The molecule has 0 atom stereocenters. The van der Waals surface area contributed by atoms with Gasteiger partial charge in [0.05, 0.1) is 6.33 Å². The molecule has 0 unspecified atom stereocenters. The summed E-state index contributed by atoms with van der Waals surface area (Å²) in [5, 5.41) is 17.3. The number of carboxylic acids is 1. The van der Waals surface area contributed by atoms with Gasteiger partial charge in [-0.1, -0.05) is 12.1 Å². The Morgan fingerprint density at radius 3 is 2.83 bits per heavy atom. The minimum absolute atomic E-state index is 0. The van der Waals surface area contributed by atoms with E-state index in [9.17, 15) is 9.90 Å². The van der Waals surface area contributed by atoms with Gasteiger partial charge >= 0.3 is 29.6 Å². The molecule has 1 saturated heterocycles. The molecule has 3 aromatic rings. The maximum absolute atomic E-state index is 11.0. The molecular formula is C19H22N7NaO2. The number of hydrogen-bond acceptors (Lipinski definition) is 8. The average Bonchev–Trinajstić information content (AvgIpc) is 3.16. The number of H-pyrrole nitrogens is 1. The zero-order valence-electron chi connectivity index (χ0n) is 16.6. The zero-order chi connectivity index (χ0) is 19.5. The number of aromatic amines is 1. The third-order valence-electron chi connectivity index (χ3n) is 5.03. The second kappa shape index (κ2) is 9.53. The first-order chi connectivity index (χ1) is 13.6. The molecule has 0 amide bonds. The van der Waals surface area contributed by atoms with Crippen LogP contribution in [-0.4, -0.2) is 50.9 Å². The van der Waals surface area contributed by atoms with E-state index in [1.54, 1.807) is 13.4 Å². The van der Waals surface area contributed by atoms with Crippen LogP contribution in [0.3, 0.4) is 0 Å². The maximum atomic E-state index is 11.0. The number of anilines is 3. The minimum atomic E-state index is -0.930. The molecule has 2 aromatic heterocycles. The van der Waals surface area contributed by atoms with Crippen LogP contribution in [0.5, 0.6) is 0 Å². The van der Waals surface area contributed by atoms with Crippen molar-refractivity contribution in [3.63, 3.8) is 0 Å². The van der Waals surface area contributed by atoms with Crippen molar-refractivity contribution in [2.24, 2.45) is 5.92 Å². The van der Waals surface area contributed by atoms with Crippen LogP contribution < -0.4 is 45.3 Å². The first-order valence-electron chi connectivity index (χ1n) is 9.30. The van der Waals surface area contributed by atoms with Gasteiger partial charge in [-0.15, -0.1) is 0 Å². The van der Waals surface area contributed by atoms with Crippen LogP contribution >= 0.6 is 0 Å². The van der Waals surface area contributed by atoms with Crippen LogP contribution in [0.1, 0.15) is 18.4 Å². The molecule has 3 N–H and O–H groups in total. The number of hydrogen-bond donors (Lipinski definition) is 3. The van der Waals surface area contributed by atoms with E-state index < -0.39 is 5.97 Å². The largest absolute Gasteiger partial charge is 1.00 e. The second-order valence-electron chi connectivity index (χ2n) is 6.94. The summed E-state index contributed by atoms with van der Waals surface area (Å²) < 4.78 is 0. The minimum Gasteiger partial charge on any atom is -0.550 e. The molecule has 29 heavy (non-hydrogen) atoms. The number of benzene rings is 1. The van der Waals surface area contributed by atoms with Crippen LogP contribution in [-0.2, 0) is 11.3 Å². The van der Waals surface area contributed by atoms with Crippen LogP contribution in [0, 0.1) is 5.92 Å². The SMILES string of the molecule is CNc1nc(Nc2cccc(CN3CCC(C(=O)[O-])CC3)c2)nc2nc[nH]c12.[Na+]. The maximum Gasteiger partial charge on any atom is 1.00 e. The van der Waals surface area contributed by atoms with Gasteiger partial charge in [-0.2, -0.15) is 9.97 Å². The van der Waals surface area contributed by atoms with E-state index >= 15 is 0 Å². The number of carbonyl (C=O) groups is 1. The number of likely N-dealkylation sites (tertiary alicyclic amines) is 1. The van der Waals surface area contributed by atoms with Gasteiger partial charge in [0.15, 0.2) is 11.5 Å². The van der Waals surface area contributed by atoms with Crippen molar-refractivity contribution in [1.82, 2.24) is 24.8 Å². The Kier molecular flexibility index (Phi) is 7.07. The summed E-state index contributed by atoms with van der Waals surface area (Å²) in [6, 6.07) is 8.06. The number of nitrogens with zero attached hydrogens (tertiary/aromatic N) is 4. The van der Waals surface area contributed by atoms with Gasteiger partial charge < -0.3 is 25.5 Å². The van der Waals surface area contributed by atoms with E-state index in [0.29, 0.717) is 30.3 Å². The summed E-state index contributed by atoms with van der Waals surface area (Å²) in [5.74, 6) is -0.104. The predicted molar refractivity (Wildman–Crippen MR) is 104 cm³/mol. The van der Waals surface area contributed by atoms with Crippen molar-refractivity contribution in [2.75, 3.05) is 30.8 Å². The fourth-order valence-corrected chi connectivity index (χ4v) is 3.53. The van der Waals surface area contributed by atoms with Gasteiger partial charge in [0.1, 0.15) is 5.52 Å². The zero-order valence-corrected chi connectivity index (χ0v) is 18.6. The van der Waals surface area contributed by atoms with Crippen molar-refractivity contribution >= 4 is 34.6 Å². The number of piperidine rings is 1. The molecule has 1 aliphatic heterocycles.